The van der Waals surface area contributed by atoms with Crippen LogP contribution in [0, 0.1) is 0 Å². The predicted molar refractivity (Wildman–Crippen MR) is 92.3 cm³/mol. The lowest BCUT2D eigenvalue weighted by Crippen LogP contribution is -2.46. The van der Waals surface area contributed by atoms with Crippen molar-refractivity contribution in [1.82, 2.24) is 4.90 Å². The minimum atomic E-state index is -0.429. The maximum absolute atomic E-state index is 12.6. The molecule has 2 atom stereocenters. The molecule has 0 aromatic heterocycles. The van der Waals surface area contributed by atoms with Crippen LogP contribution >= 0.6 is 0 Å². The van der Waals surface area contributed by atoms with E-state index in [1.54, 1.807) is 13.2 Å². The number of carbonyl (C=O) groups is 2. The number of hydrogen-bond donors (Lipinski definition) is 0. The molecule has 24 heavy (non-hydrogen) atoms. The van der Waals surface area contributed by atoms with Crippen LogP contribution in [0.1, 0.15) is 29.9 Å². The highest BCUT2D eigenvalue weighted by Gasteiger charge is 2.40. The van der Waals surface area contributed by atoms with Crippen molar-refractivity contribution in [2.45, 2.75) is 31.2 Å². The van der Waals surface area contributed by atoms with Gasteiger partial charge in [0, 0.05) is 31.1 Å². The van der Waals surface area contributed by atoms with Crippen molar-refractivity contribution in [1.29, 1.82) is 0 Å². The van der Waals surface area contributed by atoms with Crippen LogP contribution < -0.4 is 4.74 Å². The van der Waals surface area contributed by atoms with Gasteiger partial charge in [-0.05, 0) is 24.5 Å². The quantitative estimate of drug-likeness (QED) is 0.416. The van der Waals surface area contributed by atoms with Crippen molar-refractivity contribution in [3.63, 3.8) is 0 Å². The molecule has 1 aromatic rings. The average Bonchev–Trinajstić information content (AvgIpc) is 2.63. The van der Waals surface area contributed by atoms with Crippen LogP contribution in [0.2, 0.25) is 0 Å². The summed E-state index contributed by atoms with van der Waals surface area (Å²) in [6.45, 7) is 5.02. The first-order chi connectivity index (χ1) is 11.7. The van der Waals surface area contributed by atoms with Gasteiger partial charge in [-0.1, -0.05) is 18.2 Å². The van der Waals surface area contributed by atoms with Gasteiger partial charge in [0.25, 0.3) is 0 Å². The Morgan fingerprint density at radius 1 is 1.42 bits per heavy atom. The highest BCUT2D eigenvalue weighted by molar-refractivity contribution is 5.81. The van der Waals surface area contributed by atoms with Crippen LogP contribution in [0.5, 0.6) is 5.75 Å². The summed E-state index contributed by atoms with van der Waals surface area (Å²) in [6, 6.07) is 5.81. The van der Waals surface area contributed by atoms with E-state index in [0.717, 1.165) is 30.3 Å². The highest BCUT2D eigenvalue weighted by Crippen LogP contribution is 2.40. The number of ether oxygens (including phenoxy) is 2. The van der Waals surface area contributed by atoms with Crippen molar-refractivity contribution in [2.75, 3.05) is 27.3 Å². The second kappa shape index (κ2) is 8.64. The Labute approximate surface area is 143 Å². The molecule has 0 N–H and O–H groups in total. The zero-order valence-corrected chi connectivity index (χ0v) is 14.4. The summed E-state index contributed by atoms with van der Waals surface area (Å²) in [5.41, 5.74) is 2.03. The van der Waals surface area contributed by atoms with Crippen LogP contribution in [0.15, 0.2) is 30.9 Å². The fourth-order valence-corrected chi connectivity index (χ4v) is 3.57. The third-order valence-corrected chi connectivity index (χ3v) is 4.60. The van der Waals surface area contributed by atoms with Gasteiger partial charge in [-0.15, -0.1) is 6.58 Å². The number of hydrogen-bond acceptors (Lipinski definition) is 5. The standard InChI is InChI=1S/C19H25NO4/c1-4-11-20(12-6-13-21)15-10-9-14-7-5-8-16(23-2)17(14)18(15)19(22)24-3/h4-5,7-8,13,15,18H,1,6,9-12H2,2-3H3. The molecule has 0 radical (unpaired) electrons. The molecular weight excluding hydrogens is 306 g/mol. The Kier molecular flexibility index (Phi) is 6.55. The van der Waals surface area contributed by atoms with Crippen molar-refractivity contribution >= 4 is 12.3 Å². The highest BCUT2D eigenvalue weighted by atomic mass is 16.5. The molecule has 0 saturated heterocycles. The molecule has 1 aromatic carbocycles. The van der Waals surface area contributed by atoms with Crippen LogP contribution in [-0.4, -0.2) is 50.5 Å². The number of aldehydes is 1. The molecule has 0 bridgehead atoms. The summed E-state index contributed by atoms with van der Waals surface area (Å²) < 4.78 is 10.6. The van der Waals surface area contributed by atoms with E-state index < -0.39 is 5.92 Å². The minimum absolute atomic E-state index is 0.0424. The van der Waals surface area contributed by atoms with Crippen LogP contribution in [0.3, 0.4) is 0 Å². The fraction of sp³-hybridized carbons (Fsp3) is 0.474. The van der Waals surface area contributed by atoms with E-state index in [1.165, 1.54) is 7.11 Å². The van der Waals surface area contributed by atoms with Crippen molar-refractivity contribution in [3.8, 4) is 5.75 Å². The maximum atomic E-state index is 12.6. The third-order valence-electron chi connectivity index (χ3n) is 4.60. The third kappa shape index (κ3) is 3.67. The van der Waals surface area contributed by atoms with Gasteiger partial charge in [0.05, 0.1) is 14.2 Å². The second-order valence-electron chi connectivity index (χ2n) is 5.88. The summed E-state index contributed by atoms with van der Waals surface area (Å²) in [7, 11) is 3.02. The lowest BCUT2D eigenvalue weighted by atomic mass is 9.77. The number of methoxy groups -OCH3 is 2. The Bertz CT molecular complexity index is 585. The van der Waals surface area contributed by atoms with Gasteiger partial charge in [-0.25, -0.2) is 0 Å². The zero-order valence-electron chi connectivity index (χ0n) is 14.4. The van der Waals surface area contributed by atoms with E-state index in [0.29, 0.717) is 25.3 Å². The summed E-state index contributed by atoms with van der Waals surface area (Å²) in [5, 5.41) is 0. The molecule has 0 saturated carbocycles. The monoisotopic (exact) mass is 331 g/mol. The summed E-state index contributed by atoms with van der Waals surface area (Å²) in [4.78, 5) is 25.5. The first kappa shape index (κ1) is 18.2. The normalized spacial score (nSPS) is 19.5. The molecule has 0 aliphatic heterocycles. The van der Waals surface area contributed by atoms with Crippen LogP contribution in [0.25, 0.3) is 0 Å². The van der Waals surface area contributed by atoms with E-state index in [4.69, 9.17) is 9.47 Å². The molecule has 5 nitrogen and oxygen atoms in total. The number of nitrogens with zero attached hydrogens (tertiary/aromatic N) is 1. The Morgan fingerprint density at radius 3 is 2.83 bits per heavy atom. The lowest BCUT2D eigenvalue weighted by molar-refractivity contribution is -0.144. The summed E-state index contributed by atoms with van der Waals surface area (Å²) in [6.07, 6.45) is 4.82. The Morgan fingerprint density at radius 2 is 2.21 bits per heavy atom. The van der Waals surface area contributed by atoms with Crippen molar-refractivity contribution in [3.05, 3.63) is 42.0 Å². The molecule has 0 heterocycles. The molecule has 5 heteroatoms. The van der Waals surface area contributed by atoms with Crippen molar-refractivity contribution < 1.29 is 19.1 Å². The number of rotatable bonds is 8. The minimum Gasteiger partial charge on any atom is -0.496 e. The average molecular weight is 331 g/mol. The number of aryl methyl sites for hydroxylation is 1. The topological polar surface area (TPSA) is 55.8 Å². The largest absolute Gasteiger partial charge is 0.496 e. The van der Waals surface area contributed by atoms with E-state index >= 15 is 0 Å². The SMILES string of the molecule is C=CCN(CCC=O)C1CCc2cccc(OC)c2C1C(=O)OC. The number of benzene rings is 1. The van der Waals surface area contributed by atoms with E-state index in [1.807, 2.05) is 18.2 Å². The van der Waals surface area contributed by atoms with E-state index in [9.17, 15) is 9.59 Å². The van der Waals surface area contributed by atoms with Gasteiger partial charge in [0.15, 0.2) is 0 Å². The zero-order chi connectivity index (χ0) is 17.5. The van der Waals surface area contributed by atoms with Crippen LogP contribution in [-0.2, 0) is 20.7 Å². The van der Waals surface area contributed by atoms with Crippen molar-refractivity contribution in [2.24, 2.45) is 0 Å². The van der Waals surface area contributed by atoms with Gasteiger partial charge in [-0.2, -0.15) is 0 Å². The molecule has 0 fully saturated rings. The summed E-state index contributed by atoms with van der Waals surface area (Å²) in [5.74, 6) is 0.00802. The molecule has 2 unspecified atom stereocenters. The number of fused-ring (bicyclic) bond motifs is 1. The fourth-order valence-electron chi connectivity index (χ4n) is 3.57. The first-order valence-corrected chi connectivity index (χ1v) is 8.20. The van der Waals surface area contributed by atoms with E-state index in [2.05, 4.69) is 11.5 Å². The lowest BCUT2D eigenvalue weighted by Gasteiger charge is -2.39. The van der Waals surface area contributed by atoms with Crippen LogP contribution in [0.4, 0.5) is 0 Å². The second-order valence-corrected chi connectivity index (χ2v) is 5.88. The van der Waals surface area contributed by atoms with Gasteiger partial charge >= 0.3 is 5.97 Å². The molecule has 130 valence electrons. The first-order valence-electron chi connectivity index (χ1n) is 8.20. The summed E-state index contributed by atoms with van der Waals surface area (Å²) >= 11 is 0. The molecular formula is C19H25NO4. The van der Waals surface area contributed by atoms with Gasteiger partial charge < -0.3 is 14.3 Å². The number of carbonyl (C=O) groups excluding carboxylic acids is 2. The molecule has 1 aliphatic carbocycles. The molecule has 1 aliphatic rings. The molecule has 2 rings (SSSR count). The van der Waals surface area contributed by atoms with Gasteiger partial charge in [-0.3, -0.25) is 9.69 Å². The smallest absolute Gasteiger partial charge is 0.314 e. The number of esters is 1. The Balaban J connectivity index is 2.46. The van der Waals surface area contributed by atoms with E-state index in [-0.39, 0.29) is 12.0 Å². The predicted octanol–water partition coefficient (Wildman–Crippen LogP) is 2.34. The maximum Gasteiger partial charge on any atom is 0.314 e. The Hall–Kier alpha value is -2.14. The molecule has 0 amide bonds. The van der Waals surface area contributed by atoms with Gasteiger partial charge in [0.1, 0.15) is 18.0 Å². The molecule has 0 spiro atoms. The van der Waals surface area contributed by atoms with Gasteiger partial charge in [0.2, 0.25) is 0 Å².